The number of alkyl halides is 2. The summed E-state index contributed by atoms with van der Waals surface area (Å²) in [5, 5.41) is 0. The first-order chi connectivity index (χ1) is 7.97. The van der Waals surface area contributed by atoms with Crippen LogP contribution in [0.2, 0.25) is 0 Å². The van der Waals surface area contributed by atoms with Gasteiger partial charge in [0.05, 0.1) is 13.0 Å². The Labute approximate surface area is 96.6 Å². The number of pyridine rings is 1. The van der Waals surface area contributed by atoms with Crippen molar-refractivity contribution in [1.82, 2.24) is 4.98 Å². The van der Waals surface area contributed by atoms with E-state index in [1.807, 2.05) is 0 Å². The monoisotopic (exact) mass is 247 g/mol. The van der Waals surface area contributed by atoms with Crippen molar-refractivity contribution in [3.05, 3.63) is 28.8 Å². The van der Waals surface area contributed by atoms with Crippen LogP contribution in [0.4, 0.5) is 13.2 Å². The van der Waals surface area contributed by atoms with Gasteiger partial charge in [-0.05, 0) is 13.8 Å². The highest BCUT2D eigenvalue weighted by Crippen LogP contribution is 2.23. The molecular weight excluding hydrogens is 235 g/mol. The van der Waals surface area contributed by atoms with Gasteiger partial charge >= 0.3 is 5.97 Å². The third-order valence-corrected chi connectivity index (χ3v) is 2.20. The molecule has 1 aromatic heterocycles. The number of halogens is 3. The van der Waals surface area contributed by atoms with E-state index >= 15 is 0 Å². The molecule has 94 valence electrons. The van der Waals surface area contributed by atoms with Crippen LogP contribution in [0.5, 0.6) is 0 Å². The van der Waals surface area contributed by atoms with Crippen molar-refractivity contribution in [3.63, 3.8) is 0 Å². The molecule has 0 aliphatic heterocycles. The normalized spacial score (nSPS) is 10.7. The molecule has 1 heterocycles. The Kier molecular flexibility index (Phi) is 4.48. The van der Waals surface area contributed by atoms with Crippen LogP contribution in [0.3, 0.4) is 0 Å². The van der Waals surface area contributed by atoms with Crippen molar-refractivity contribution in [3.8, 4) is 0 Å². The minimum atomic E-state index is -2.83. The number of carbonyl (C=O) groups excluding carboxylic acids is 1. The summed E-state index contributed by atoms with van der Waals surface area (Å²) in [6.45, 7) is 3.01. The average Bonchev–Trinajstić information content (AvgIpc) is 2.25. The molecular formula is C11H12F3NO2. The third kappa shape index (κ3) is 3.18. The topological polar surface area (TPSA) is 39.2 Å². The van der Waals surface area contributed by atoms with E-state index in [0.717, 1.165) is 6.20 Å². The zero-order valence-corrected chi connectivity index (χ0v) is 9.47. The summed E-state index contributed by atoms with van der Waals surface area (Å²) in [6, 6.07) is 0. The van der Waals surface area contributed by atoms with Gasteiger partial charge in [0.25, 0.3) is 6.43 Å². The highest BCUT2D eigenvalue weighted by atomic mass is 19.3. The van der Waals surface area contributed by atoms with Crippen LogP contribution in [-0.2, 0) is 16.0 Å². The number of hydrogen-bond donors (Lipinski definition) is 0. The zero-order chi connectivity index (χ0) is 13.0. The first kappa shape index (κ1) is 13.5. The lowest BCUT2D eigenvalue weighted by Gasteiger charge is -2.08. The third-order valence-electron chi connectivity index (χ3n) is 2.20. The highest BCUT2D eigenvalue weighted by molar-refractivity contribution is 5.72. The van der Waals surface area contributed by atoms with Gasteiger partial charge < -0.3 is 4.74 Å². The maximum Gasteiger partial charge on any atom is 0.310 e. The van der Waals surface area contributed by atoms with Crippen LogP contribution in [-0.4, -0.2) is 17.6 Å². The number of carbonyl (C=O) groups is 1. The number of rotatable bonds is 4. The minimum Gasteiger partial charge on any atom is -0.466 e. The van der Waals surface area contributed by atoms with E-state index in [1.54, 1.807) is 6.92 Å². The van der Waals surface area contributed by atoms with Gasteiger partial charge in [-0.3, -0.25) is 9.78 Å². The molecule has 0 bridgehead atoms. The van der Waals surface area contributed by atoms with Gasteiger partial charge in [-0.25, -0.2) is 13.2 Å². The SMILES string of the molecule is CCOC(=O)Cc1cnc(C(F)F)c(C)c1F. The second kappa shape index (κ2) is 5.65. The van der Waals surface area contributed by atoms with E-state index in [-0.39, 0.29) is 24.2 Å². The Balaban J connectivity index is 2.96. The van der Waals surface area contributed by atoms with Gasteiger partial charge in [0.1, 0.15) is 11.5 Å². The van der Waals surface area contributed by atoms with Crippen molar-refractivity contribution in [2.75, 3.05) is 6.61 Å². The van der Waals surface area contributed by atoms with Crippen LogP contribution >= 0.6 is 0 Å². The maximum atomic E-state index is 13.6. The van der Waals surface area contributed by atoms with Crippen LogP contribution in [0.1, 0.15) is 30.2 Å². The summed E-state index contributed by atoms with van der Waals surface area (Å²) in [4.78, 5) is 14.6. The molecule has 0 unspecified atom stereocenters. The highest BCUT2D eigenvalue weighted by Gasteiger charge is 2.19. The fraction of sp³-hybridized carbons (Fsp3) is 0.455. The number of aromatic nitrogens is 1. The van der Waals surface area contributed by atoms with Crippen molar-refractivity contribution < 1.29 is 22.7 Å². The fourth-order valence-electron chi connectivity index (χ4n) is 1.37. The van der Waals surface area contributed by atoms with Gasteiger partial charge in [0.2, 0.25) is 0 Å². The van der Waals surface area contributed by atoms with E-state index in [9.17, 15) is 18.0 Å². The molecule has 0 saturated carbocycles. The van der Waals surface area contributed by atoms with E-state index < -0.39 is 23.9 Å². The van der Waals surface area contributed by atoms with Crippen molar-refractivity contribution in [2.24, 2.45) is 0 Å². The molecule has 17 heavy (non-hydrogen) atoms. The molecule has 1 rings (SSSR count). The van der Waals surface area contributed by atoms with Crippen LogP contribution in [0, 0.1) is 12.7 Å². The number of hydrogen-bond acceptors (Lipinski definition) is 3. The summed E-state index contributed by atoms with van der Waals surface area (Å²) in [7, 11) is 0. The molecule has 6 heteroatoms. The van der Waals surface area contributed by atoms with E-state index in [2.05, 4.69) is 9.72 Å². The molecule has 0 aliphatic rings. The van der Waals surface area contributed by atoms with Crippen molar-refractivity contribution >= 4 is 5.97 Å². The lowest BCUT2D eigenvalue weighted by molar-refractivity contribution is -0.142. The summed E-state index contributed by atoms with van der Waals surface area (Å²) >= 11 is 0. The van der Waals surface area contributed by atoms with Crippen molar-refractivity contribution in [2.45, 2.75) is 26.7 Å². The Morgan fingerprint density at radius 1 is 1.53 bits per heavy atom. The van der Waals surface area contributed by atoms with Gasteiger partial charge in [-0.2, -0.15) is 0 Å². The predicted octanol–water partition coefficient (Wildman–Crippen LogP) is 2.57. The van der Waals surface area contributed by atoms with E-state index in [4.69, 9.17) is 0 Å². The number of nitrogens with zero attached hydrogens (tertiary/aromatic N) is 1. The van der Waals surface area contributed by atoms with E-state index in [0.29, 0.717) is 0 Å². The first-order valence-electron chi connectivity index (χ1n) is 5.05. The standard InChI is InChI=1S/C11H12F3NO2/c1-3-17-8(16)4-7-5-15-10(11(13)14)6(2)9(7)12/h5,11H,3-4H2,1-2H3. The largest absolute Gasteiger partial charge is 0.466 e. The van der Waals surface area contributed by atoms with Gasteiger partial charge in [0, 0.05) is 17.3 Å². The van der Waals surface area contributed by atoms with E-state index in [1.165, 1.54) is 6.92 Å². The summed E-state index contributed by atoms with van der Waals surface area (Å²) in [6.07, 6.45) is -2.20. The van der Waals surface area contributed by atoms with Gasteiger partial charge in [-0.1, -0.05) is 0 Å². The van der Waals surface area contributed by atoms with Crippen LogP contribution in [0.25, 0.3) is 0 Å². The predicted molar refractivity (Wildman–Crippen MR) is 54.2 cm³/mol. The minimum absolute atomic E-state index is 0.0367. The van der Waals surface area contributed by atoms with Crippen molar-refractivity contribution in [1.29, 1.82) is 0 Å². The lowest BCUT2D eigenvalue weighted by atomic mass is 10.1. The van der Waals surface area contributed by atoms with Crippen LogP contribution < -0.4 is 0 Å². The zero-order valence-electron chi connectivity index (χ0n) is 9.47. The second-order valence-corrected chi connectivity index (χ2v) is 3.39. The molecule has 0 aliphatic carbocycles. The molecule has 0 saturated heterocycles. The maximum absolute atomic E-state index is 13.6. The molecule has 1 aromatic rings. The average molecular weight is 247 g/mol. The Morgan fingerprint density at radius 3 is 2.71 bits per heavy atom. The van der Waals surface area contributed by atoms with Gasteiger partial charge in [-0.15, -0.1) is 0 Å². The molecule has 0 N–H and O–H groups in total. The lowest BCUT2D eigenvalue weighted by Crippen LogP contribution is -2.11. The number of esters is 1. The summed E-state index contributed by atoms with van der Waals surface area (Å²) < 4.78 is 43.1. The molecule has 0 fully saturated rings. The Morgan fingerprint density at radius 2 is 2.18 bits per heavy atom. The molecule has 0 spiro atoms. The smallest absolute Gasteiger partial charge is 0.310 e. The first-order valence-corrected chi connectivity index (χ1v) is 5.05. The molecule has 0 amide bonds. The molecule has 0 atom stereocenters. The van der Waals surface area contributed by atoms with Gasteiger partial charge in [0.15, 0.2) is 0 Å². The fourth-order valence-corrected chi connectivity index (χ4v) is 1.37. The molecule has 0 aromatic carbocycles. The molecule has 3 nitrogen and oxygen atoms in total. The Bertz CT molecular complexity index is 421. The summed E-state index contributed by atoms with van der Waals surface area (Å²) in [5.74, 6) is -1.44. The quantitative estimate of drug-likeness (QED) is 0.767. The second-order valence-electron chi connectivity index (χ2n) is 3.39. The molecule has 0 radical (unpaired) electrons. The number of ether oxygens (including phenoxy) is 1. The summed E-state index contributed by atoms with van der Waals surface area (Å²) in [5.41, 5.74) is -0.873. The van der Waals surface area contributed by atoms with Crippen LogP contribution in [0.15, 0.2) is 6.20 Å². The Hall–Kier alpha value is -1.59.